The fraction of sp³-hybridized carbons (Fsp3) is 0.500. The molecule has 9 heteroatoms. The third kappa shape index (κ3) is 4.51. The van der Waals surface area contributed by atoms with Crippen LogP contribution in [-0.2, 0) is 24.1 Å². The van der Waals surface area contributed by atoms with Crippen LogP contribution in [0.2, 0.25) is 0 Å². The molecule has 2 aliphatic rings. The van der Waals surface area contributed by atoms with Crippen LogP contribution in [0.25, 0.3) is 0 Å². The molecule has 0 saturated carbocycles. The number of carbonyl (C=O) groups is 2. The number of halogens is 3. The third-order valence-electron chi connectivity index (χ3n) is 6.54. The smallest absolute Gasteiger partial charge is 0.373 e. The van der Waals surface area contributed by atoms with Gasteiger partial charge in [-0.25, -0.2) is 0 Å². The highest BCUT2D eigenvalue weighted by molar-refractivity contribution is 6.01. The Hall–Kier alpha value is -2.81. The number of benzene rings is 1. The van der Waals surface area contributed by atoms with Gasteiger partial charge in [-0.15, -0.1) is 0 Å². The molecule has 2 atom stereocenters. The van der Waals surface area contributed by atoms with Gasteiger partial charge in [0, 0.05) is 19.1 Å². The van der Waals surface area contributed by atoms with Crippen molar-refractivity contribution in [3.05, 3.63) is 58.4 Å². The predicted molar refractivity (Wildman–Crippen MR) is 116 cm³/mol. The van der Waals surface area contributed by atoms with Crippen molar-refractivity contribution in [1.29, 1.82) is 0 Å². The maximum atomic E-state index is 13.5. The summed E-state index contributed by atoms with van der Waals surface area (Å²) in [6.07, 6.45) is -2.37. The Morgan fingerprint density at radius 3 is 2.67 bits per heavy atom. The molecule has 178 valence electrons. The number of hydrogen-bond donors (Lipinski definition) is 1. The standard InChI is InChI=1S/C24H28F3N3O3/c1-3-19(16-8-4-5-9-18(16)24(25,26)27)28-22(31)17-13-20(30-11-12-33-14-21(17)30)23(32)29-10-6-7-15(29)2/h4-5,8-9,13,15,19H,3,6-7,10-12,14H2,1-2H3,(H,28,31). The quantitative estimate of drug-likeness (QED) is 0.708. The maximum absolute atomic E-state index is 13.5. The molecule has 1 fully saturated rings. The minimum Gasteiger partial charge on any atom is -0.373 e. The predicted octanol–water partition coefficient (Wildman–Crippen LogP) is 4.54. The molecule has 0 radical (unpaired) electrons. The average Bonchev–Trinajstić information content (AvgIpc) is 3.40. The van der Waals surface area contributed by atoms with Crippen molar-refractivity contribution in [3.63, 3.8) is 0 Å². The van der Waals surface area contributed by atoms with Crippen LogP contribution < -0.4 is 5.32 Å². The number of fused-ring (bicyclic) bond motifs is 1. The number of hydrogen-bond acceptors (Lipinski definition) is 3. The Balaban J connectivity index is 1.65. The molecule has 1 N–H and O–H groups in total. The van der Waals surface area contributed by atoms with Crippen LogP contribution in [0.4, 0.5) is 13.2 Å². The molecular weight excluding hydrogens is 435 g/mol. The normalized spacial score (nSPS) is 19.3. The van der Waals surface area contributed by atoms with Gasteiger partial charge >= 0.3 is 6.18 Å². The Labute approximate surface area is 190 Å². The molecule has 1 aromatic heterocycles. The SMILES string of the molecule is CCC(NC(=O)c1cc(C(=O)N2CCCC2C)n2c1COCC2)c1ccccc1C(F)(F)F. The molecule has 2 aromatic rings. The summed E-state index contributed by atoms with van der Waals surface area (Å²) < 4.78 is 47.9. The van der Waals surface area contributed by atoms with E-state index in [0.717, 1.165) is 18.9 Å². The first-order valence-corrected chi connectivity index (χ1v) is 11.3. The number of carbonyl (C=O) groups excluding carboxylic acids is 2. The lowest BCUT2D eigenvalue weighted by Crippen LogP contribution is -2.35. The highest BCUT2D eigenvalue weighted by atomic mass is 19.4. The number of rotatable bonds is 5. The lowest BCUT2D eigenvalue weighted by atomic mass is 9.97. The molecule has 0 spiro atoms. The zero-order valence-corrected chi connectivity index (χ0v) is 18.7. The second-order valence-corrected chi connectivity index (χ2v) is 8.60. The van der Waals surface area contributed by atoms with E-state index in [-0.39, 0.29) is 36.1 Å². The van der Waals surface area contributed by atoms with E-state index in [0.29, 0.717) is 31.1 Å². The number of alkyl halides is 3. The number of likely N-dealkylation sites (tertiary alicyclic amines) is 1. The molecule has 6 nitrogen and oxygen atoms in total. The summed E-state index contributed by atoms with van der Waals surface area (Å²) in [6.45, 7) is 5.44. The van der Waals surface area contributed by atoms with Gasteiger partial charge in [-0.2, -0.15) is 13.2 Å². The largest absolute Gasteiger partial charge is 0.416 e. The van der Waals surface area contributed by atoms with Crippen LogP contribution >= 0.6 is 0 Å². The summed E-state index contributed by atoms with van der Waals surface area (Å²) in [5.74, 6) is -0.641. The number of amides is 2. The minimum absolute atomic E-state index is 0.0207. The fourth-order valence-electron chi connectivity index (χ4n) is 4.78. The third-order valence-corrected chi connectivity index (χ3v) is 6.54. The van der Waals surface area contributed by atoms with Gasteiger partial charge in [0.05, 0.1) is 36.1 Å². The van der Waals surface area contributed by atoms with Crippen molar-refractivity contribution in [1.82, 2.24) is 14.8 Å². The van der Waals surface area contributed by atoms with Gasteiger partial charge < -0.3 is 19.5 Å². The van der Waals surface area contributed by atoms with E-state index >= 15 is 0 Å². The summed E-state index contributed by atoms with van der Waals surface area (Å²) >= 11 is 0. The first-order valence-electron chi connectivity index (χ1n) is 11.3. The van der Waals surface area contributed by atoms with Gasteiger partial charge in [0.15, 0.2) is 0 Å². The highest BCUT2D eigenvalue weighted by Crippen LogP contribution is 2.35. The second-order valence-electron chi connectivity index (χ2n) is 8.60. The summed E-state index contributed by atoms with van der Waals surface area (Å²) in [4.78, 5) is 28.3. The summed E-state index contributed by atoms with van der Waals surface area (Å²) in [5, 5.41) is 2.76. The molecule has 33 heavy (non-hydrogen) atoms. The minimum atomic E-state index is -4.52. The second kappa shape index (κ2) is 9.21. The van der Waals surface area contributed by atoms with Crippen LogP contribution in [0, 0.1) is 0 Å². The van der Waals surface area contributed by atoms with Gasteiger partial charge in [0.2, 0.25) is 0 Å². The van der Waals surface area contributed by atoms with Crippen molar-refractivity contribution < 1.29 is 27.5 Å². The van der Waals surface area contributed by atoms with Crippen molar-refractivity contribution in [3.8, 4) is 0 Å². The summed E-state index contributed by atoms with van der Waals surface area (Å²) in [5.41, 5.74) is 0.530. The van der Waals surface area contributed by atoms with Crippen molar-refractivity contribution in [2.45, 2.75) is 64.5 Å². The Morgan fingerprint density at radius 1 is 1.24 bits per heavy atom. The average molecular weight is 464 g/mol. The molecule has 0 aliphatic carbocycles. The zero-order valence-electron chi connectivity index (χ0n) is 18.7. The topological polar surface area (TPSA) is 63.6 Å². The van der Waals surface area contributed by atoms with Gasteiger partial charge in [-0.1, -0.05) is 25.1 Å². The van der Waals surface area contributed by atoms with Crippen LogP contribution in [0.5, 0.6) is 0 Å². The van der Waals surface area contributed by atoms with Crippen LogP contribution in [-0.4, -0.2) is 40.5 Å². The van der Waals surface area contributed by atoms with Crippen LogP contribution in [0.3, 0.4) is 0 Å². The molecule has 0 bridgehead atoms. The maximum Gasteiger partial charge on any atom is 0.416 e. The molecule has 2 aliphatic heterocycles. The molecule has 3 heterocycles. The molecule has 2 unspecified atom stereocenters. The van der Waals surface area contributed by atoms with E-state index in [1.807, 2.05) is 16.4 Å². The first kappa shape index (κ1) is 23.4. The van der Waals surface area contributed by atoms with E-state index in [4.69, 9.17) is 4.74 Å². The Bertz CT molecular complexity index is 1050. The molecule has 4 rings (SSSR count). The number of nitrogens with zero attached hydrogens (tertiary/aromatic N) is 2. The van der Waals surface area contributed by atoms with Gasteiger partial charge in [-0.3, -0.25) is 9.59 Å². The van der Waals surface area contributed by atoms with E-state index in [1.54, 1.807) is 13.0 Å². The molecular formula is C24H28F3N3O3. The highest BCUT2D eigenvalue weighted by Gasteiger charge is 2.36. The molecule has 1 saturated heterocycles. The molecule has 2 amide bonds. The van der Waals surface area contributed by atoms with Gasteiger partial charge in [0.25, 0.3) is 11.8 Å². The number of ether oxygens (including phenoxy) is 1. The zero-order chi connectivity index (χ0) is 23.8. The summed E-state index contributed by atoms with van der Waals surface area (Å²) in [7, 11) is 0. The lowest BCUT2D eigenvalue weighted by molar-refractivity contribution is -0.138. The summed E-state index contributed by atoms with van der Waals surface area (Å²) in [6, 6.07) is 6.14. The van der Waals surface area contributed by atoms with Crippen molar-refractivity contribution >= 4 is 11.8 Å². The van der Waals surface area contributed by atoms with Crippen molar-refractivity contribution in [2.75, 3.05) is 13.2 Å². The number of aromatic nitrogens is 1. The van der Waals surface area contributed by atoms with Gasteiger partial charge in [-0.05, 0) is 43.9 Å². The monoisotopic (exact) mass is 463 g/mol. The fourth-order valence-corrected chi connectivity index (χ4v) is 4.78. The lowest BCUT2D eigenvalue weighted by Gasteiger charge is -2.24. The van der Waals surface area contributed by atoms with E-state index in [9.17, 15) is 22.8 Å². The van der Waals surface area contributed by atoms with E-state index in [1.165, 1.54) is 18.2 Å². The molecule has 1 aromatic carbocycles. The van der Waals surface area contributed by atoms with Crippen LogP contribution in [0.15, 0.2) is 30.3 Å². The Kier molecular flexibility index (Phi) is 6.52. The van der Waals surface area contributed by atoms with Crippen molar-refractivity contribution in [2.24, 2.45) is 0 Å². The van der Waals surface area contributed by atoms with Crippen LogP contribution in [0.1, 0.15) is 76.8 Å². The Morgan fingerprint density at radius 2 is 2.00 bits per heavy atom. The van der Waals surface area contributed by atoms with E-state index < -0.39 is 23.7 Å². The van der Waals surface area contributed by atoms with Gasteiger partial charge in [0.1, 0.15) is 5.69 Å². The number of nitrogens with one attached hydrogen (secondary N) is 1. The van der Waals surface area contributed by atoms with E-state index in [2.05, 4.69) is 5.32 Å². The first-order chi connectivity index (χ1) is 15.7.